The molecule has 7 rings (SSSR count). The molecule has 3 aromatic heterocycles. The lowest BCUT2D eigenvalue weighted by Crippen LogP contribution is -2.31. The number of aromatic nitrogens is 3. The minimum atomic E-state index is -0.304. The predicted molar refractivity (Wildman–Crippen MR) is 131 cm³/mol. The molecule has 2 unspecified atom stereocenters. The van der Waals surface area contributed by atoms with E-state index in [1.54, 1.807) is 19.2 Å². The molecule has 0 saturated heterocycles. The van der Waals surface area contributed by atoms with Gasteiger partial charge in [-0.2, -0.15) is 0 Å². The van der Waals surface area contributed by atoms with E-state index >= 15 is 0 Å². The maximum Gasteiger partial charge on any atom is 0.255 e. The van der Waals surface area contributed by atoms with E-state index in [2.05, 4.69) is 20.6 Å². The van der Waals surface area contributed by atoms with Crippen LogP contribution in [-0.4, -0.2) is 33.5 Å². The Morgan fingerprint density at radius 2 is 2.09 bits per heavy atom. The van der Waals surface area contributed by atoms with E-state index < -0.39 is 0 Å². The number of anilines is 2. The summed E-state index contributed by atoms with van der Waals surface area (Å²) in [5.41, 5.74) is 6.17. The SMILES string of the molecule is Cc1c(F)cccc1Nc1c(-c2ccnc3ccc(OCC4CC4)nc23)[nH]c2c1C(=O)NC1CC21. The standard InChI is InChI=1S/C27H24FN5O2/c1-13-17(28)3-2-4-18(13)30-26-22-24(16-11-20(16)31-27(22)34)33-25(26)15-9-10-29-19-7-8-21(32-23(15)19)35-12-14-5-6-14/h2-4,7-10,14,16,20,30,33H,5-6,11-12H2,1H3,(H,31,34). The first-order chi connectivity index (χ1) is 17.1. The average molecular weight is 470 g/mol. The molecule has 2 fully saturated rings. The van der Waals surface area contributed by atoms with Crippen molar-refractivity contribution in [3.8, 4) is 17.1 Å². The van der Waals surface area contributed by atoms with Crippen LogP contribution in [0, 0.1) is 18.7 Å². The number of fused-ring (bicyclic) bond motifs is 4. The zero-order chi connectivity index (χ0) is 23.7. The van der Waals surface area contributed by atoms with Crippen LogP contribution in [0.1, 0.15) is 46.8 Å². The number of H-pyrrole nitrogens is 1. The molecule has 35 heavy (non-hydrogen) atoms. The zero-order valence-corrected chi connectivity index (χ0v) is 19.2. The van der Waals surface area contributed by atoms with Gasteiger partial charge in [0.05, 0.1) is 29.1 Å². The number of aromatic amines is 1. The number of rotatable bonds is 6. The molecule has 176 valence electrons. The molecule has 1 aromatic carbocycles. The average Bonchev–Trinajstić information content (AvgIpc) is 3.79. The van der Waals surface area contributed by atoms with Crippen LogP contribution in [0.2, 0.25) is 0 Å². The molecule has 0 radical (unpaired) electrons. The summed E-state index contributed by atoms with van der Waals surface area (Å²) in [5, 5.41) is 6.46. The summed E-state index contributed by atoms with van der Waals surface area (Å²) in [4.78, 5) is 25.9. The highest BCUT2D eigenvalue weighted by Crippen LogP contribution is 2.50. The Kier molecular flexibility index (Phi) is 4.40. The second kappa shape index (κ2) is 7.53. The van der Waals surface area contributed by atoms with Crippen molar-refractivity contribution in [2.24, 2.45) is 5.92 Å². The highest BCUT2D eigenvalue weighted by atomic mass is 19.1. The number of carbonyl (C=O) groups is 1. The summed E-state index contributed by atoms with van der Waals surface area (Å²) >= 11 is 0. The van der Waals surface area contributed by atoms with Crippen LogP contribution >= 0.6 is 0 Å². The van der Waals surface area contributed by atoms with E-state index in [1.807, 2.05) is 24.3 Å². The molecular formula is C27H24FN5O2. The summed E-state index contributed by atoms with van der Waals surface area (Å²) in [5.74, 6) is 1.000. The molecule has 1 amide bonds. The summed E-state index contributed by atoms with van der Waals surface area (Å²) < 4.78 is 20.3. The minimum absolute atomic E-state index is 0.127. The third kappa shape index (κ3) is 3.43. The molecule has 8 heteroatoms. The monoisotopic (exact) mass is 469 g/mol. The van der Waals surface area contributed by atoms with Crippen molar-refractivity contribution in [3.63, 3.8) is 0 Å². The van der Waals surface area contributed by atoms with Gasteiger partial charge in [-0.25, -0.2) is 9.37 Å². The summed E-state index contributed by atoms with van der Waals surface area (Å²) in [6, 6.07) is 10.7. The van der Waals surface area contributed by atoms with E-state index in [0.29, 0.717) is 46.4 Å². The Hall–Kier alpha value is -3.94. The van der Waals surface area contributed by atoms with Gasteiger partial charge in [-0.05, 0) is 56.4 Å². The highest BCUT2D eigenvalue weighted by molar-refractivity contribution is 6.09. The second-order valence-corrected chi connectivity index (χ2v) is 9.75. The lowest BCUT2D eigenvalue weighted by atomic mass is 10.0. The maximum absolute atomic E-state index is 14.3. The summed E-state index contributed by atoms with van der Waals surface area (Å²) in [7, 11) is 0. The first kappa shape index (κ1) is 20.4. The zero-order valence-electron chi connectivity index (χ0n) is 19.2. The molecule has 0 spiro atoms. The topological polar surface area (TPSA) is 91.9 Å². The Morgan fingerprint density at radius 3 is 2.94 bits per heavy atom. The van der Waals surface area contributed by atoms with Crippen molar-refractivity contribution >= 4 is 28.3 Å². The number of pyridine rings is 2. The fraction of sp³-hybridized carbons (Fsp3) is 0.296. The fourth-order valence-electron chi connectivity index (χ4n) is 4.93. The number of nitrogens with zero attached hydrogens (tertiary/aromatic N) is 2. The van der Waals surface area contributed by atoms with Crippen molar-refractivity contribution in [1.82, 2.24) is 20.3 Å². The molecule has 1 aliphatic heterocycles. The molecule has 7 nitrogen and oxygen atoms in total. The number of halogens is 1. The van der Waals surface area contributed by atoms with Gasteiger partial charge in [-0.15, -0.1) is 0 Å². The van der Waals surface area contributed by atoms with E-state index in [9.17, 15) is 9.18 Å². The normalized spacial score (nSPS) is 20.2. The van der Waals surface area contributed by atoms with Crippen LogP contribution in [0.5, 0.6) is 5.88 Å². The molecule has 4 aromatic rings. The first-order valence-electron chi connectivity index (χ1n) is 12.0. The maximum atomic E-state index is 14.3. The number of hydrogen-bond acceptors (Lipinski definition) is 5. The van der Waals surface area contributed by atoms with Gasteiger partial charge in [-0.3, -0.25) is 9.78 Å². The Balaban J connectivity index is 1.40. The van der Waals surface area contributed by atoms with E-state index in [0.717, 1.165) is 28.9 Å². The van der Waals surface area contributed by atoms with Crippen LogP contribution in [0.25, 0.3) is 22.3 Å². The van der Waals surface area contributed by atoms with E-state index in [4.69, 9.17) is 9.72 Å². The third-order valence-electron chi connectivity index (χ3n) is 7.25. The molecule has 2 aliphatic carbocycles. The van der Waals surface area contributed by atoms with Crippen LogP contribution in [-0.2, 0) is 0 Å². The number of carbonyl (C=O) groups excluding carboxylic acids is 1. The Labute approximate surface area is 201 Å². The van der Waals surface area contributed by atoms with Crippen LogP contribution in [0.3, 0.4) is 0 Å². The molecule has 2 atom stereocenters. The van der Waals surface area contributed by atoms with Crippen molar-refractivity contribution < 1.29 is 13.9 Å². The van der Waals surface area contributed by atoms with Crippen LogP contribution in [0.15, 0.2) is 42.6 Å². The van der Waals surface area contributed by atoms with E-state index in [-0.39, 0.29) is 23.7 Å². The van der Waals surface area contributed by atoms with Crippen molar-refractivity contribution in [2.45, 2.75) is 38.1 Å². The van der Waals surface area contributed by atoms with Crippen molar-refractivity contribution in [3.05, 3.63) is 65.2 Å². The molecular weight excluding hydrogens is 445 g/mol. The molecule has 3 aliphatic rings. The van der Waals surface area contributed by atoms with E-state index in [1.165, 1.54) is 18.9 Å². The quantitative estimate of drug-likeness (QED) is 0.361. The largest absolute Gasteiger partial charge is 0.477 e. The van der Waals surface area contributed by atoms with Gasteiger partial charge in [0.25, 0.3) is 5.91 Å². The van der Waals surface area contributed by atoms with Gasteiger partial charge in [0.1, 0.15) is 11.3 Å². The van der Waals surface area contributed by atoms with Crippen molar-refractivity contribution in [2.75, 3.05) is 11.9 Å². The smallest absolute Gasteiger partial charge is 0.255 e. The summed E-state index contributed by atoms with van der Waals surface area (Å²) in [6.45, 7) is 2.39. The Bertz CT molecular complexity index is 1510. The lowest BCUT2D eigenvalue weighted by Gasteiger charge is -2.16. The number of ether oxygens (including phenoxy) is 1. The minimum Gasteiger partial charge on any atom is -0.477 e. The van der Waals surface area contributed by atoms with Gasteiger partial charge in [0.15, 0.2) is 0 Å². The highest BCUT2D eigenvalue weighted by Gasteiger charge is 2.48. The fourth-order valence-corrected chi connectivity index (χ4v) is 4.93. The Morgan fingerprint density at radius 1 is 1.20 bits per heavy atom. The molecule has 0 bridgehead atoms. The number of amides is 1. The molecule has 3 N–H and O–H groups in total. The van der Waals surface area contributed by atoms with Gasteiger partial charge < -0.3 is 20.4 Å². The van der Waals surface area contributed by atoms with Crippen LogP contribution < -0.4 is 15.4 Å². The first-order valence-corrected chi connectivity index (χ1v) is 12.0. The summed E-state index contributed by atoms with van der Waals surface area (Å²) in [6.07, 6.45) is 5.05. The van der Waals surface area contributed by atoms with Crippen molar-refractivity contribution in [1.29, 1.82) is 0 Å². The number of nitrogens with one attached hydrogen (secondary N) is 3. The predicted octanol–water partition coefficient (Wildman–Crippen LogP) is 5.20. The third-order valence-corrected chi connectivity index (χ3v) is 7.25. The van der Waals surface area contributed by atoms with Gasteiger partial charge in [0.2, 0.25) is 5.88 Å². The van der Waals surface area contributed by atoms with Gasteiger partial charge >= 0.3 is 0 Å². The molecule has 4 heterocycles. The second-order valence-electron chi connectivity index (χ2n) is 9.75. The van der Waals surface area contributed by atoms with Gasteiger partial charge in [0, 0.05) is 46.7 Å². The van der Waals surface area contributed by atoms with Crippen LogP contribution in [0.4, 0.5) is 15.8 Å². The van der Waals surface area contributed by atoms with Gasteiger partial charge in [-0.1, -0.05) is 6.07 Å². The number of hydrogen-bond donors (Lipinski definition) is 3. The number of benzene rings is 1. The molecule has 2 saturated carbocycles. The lowest BCUT2D eigenvalue weighted by molar-refractivity contribution is 0.0944.